The first kappa shape index (κ1) is 25.7. The van der Waals surface area contributed by atoms with E-state index in [-0.39, 0.29) is 46.7 Å². The average Bonchev–Trinajstić information content (AvgIpc) is 2.78. The first-order chi connectivity index (χ1) is 16.1. The molecule has 0 aromatic heterocycles. The van der Waals surface area contributed by atoms with Crippen molar-refractivity contribution < 1.29 is 25.2 Å². The molecule has 5 aliphatic rings. The van der Waals surface area contributed by atoms with E-state index in [1.165, 1.54) is 5.57 Å². The summed E-state index contributed by atoms with van der Waals surface area (Å²) < 4.78 is 0. The van der Waals surface area contributed by atoms with Crippen LogP contribution in [0.5, 0.6) is 0 Å². The quantitative estimate of drug-likeness (QED) is 0.402. The van der Waals surface area contributed by atoms with Gasteiger partial charge in [-0.25, -0.2) is 0 Å². The van der Waals surface area contributed by atoms with Crippen molar-refractivity contribution in [2.45, 2.75) is 112 Å². The minimum absolute atomic E-state index is 0.0665. The molecule has 0 amide bonds. The molecule has 5 heteroatoms. The fraction of sp³-hybridized carbons (Fsp3) is 0.900. The number of aliphatic carboxylic acids is 1. The second-order valence-corrected chi connectivity index (χ2v) is 14.9. The van der Waals surface area contributed by atoms with Crippen LogP contribution in [-0.4, -0.2) is 45.2 Å². The number of rotatable bonds is 2. The number of hydrogen-bond donors (Lipinski definition) is 4. The molecule has 4 fully saturated rings. The lowest BCUT2D eigenvalue weighted by Gasteiger charge is -2.71. The topological polar surface area (TPSA) is 98.0 Å². The molecule has 0 aromatic carbocycles. The molecule has 0 aliphatic heterocycles. The highest BCUT2D eigenvalue weighted by Crippen LogP contribution is 2.75. The zero-order valence-corrected chi connectivity index (χ0v) is 22.7. The molecule has 4 N–H and O–H groups in total. The molecule has 0 aromatic rings. The van der Waals surface area contributed by atoms with Crippen molar-refractivity contribution in [3.63, 3.8) is 0 Å². The van der Waals surface area contributed by atoms with Crippen molar-refractivity contribution in [2.24, 2.45) is 50.2 Å². The van der Waals surface area contributed by atoms with Crippen molar-refractivity contribution in [1.29, 1.82) is 0 Å². The fourth-order valence-electron chi connectivity index (χ4n) is 10.7. The van der Waals surface area contributed by atoms with Gasteiger partial charge in [0.15, 0.2) is 0 Å². The number of carbonyl (C=O) groups is 1. The van der Waals surface area contributed by atoms with E-state index < -0.39 is 22.9 Å². The van der Waals surface area contributed by atoms with Crippen LogP contribution in [0.3, 0.4) is 0 Å². The average molecular weight is 489 g/mol. The summed E-state index contributed by atoms with van der Waals surface area (Å²) in [6.45, 7) is 13.7. The Morgan fingerprint density at radius 1 is 0.914 bits per heavy atom. The van der Waals surface area contributed by atoms with E-state index in [4.69, 9.17) is 0 Å². The summed E-state index contributed by atoms with van der Waals surface area (Å²) in [5.74, 6) is 0.0623. The van der Waals surface area contributed by atoms with E-state index in [0.717, 1.165) is 38.5 Å². The van der Waals surface area contributed by atoms with Crippen molar-refractivity contribution in [3.05, 3.63) is 11.6 Å². The SMILES string of the molecule is CC1(C)[C@@H](O)CC[C@]2(C)[C@H]3CC=C4[C@@H]5C[C@@](C)(CO)[C@@H](O)C[C@]5(C(=O)O)CC[C@@]4(C)[C@]3(C)CC[C@@H]12. The standard InChI is InChI=1S/C30H48O5/c1-25(2)20-9-12-29(6)21(27(20,4)11-10-22(25)32)8-7-18-19-15-26(3,17-31)23(33)16-30(19,24(34)35)14-13-28(18,29)5/h7,19-23,31-33H,8-17H2,1-6H3,(H,34,35)/t19-,20-,21+,22-,23-,26-,27-,28+,29+,30+/m0/s1. The highest BCUT2D eigenvalue weighted by molar-refractivity contribution is 5.77. The maximum atomic E-state index is 12.8. The highest BCUT2D eigenvalue weighted by atomic mass is 16.4. The molecule has 5 aliphatic carbocycles. The molecule has 0 radical (unpaired) electrons. The van der Waals surface area contributed by atoms with Gasteiger partial charge in [0.05, 0.1) is 24.2 Å². The fourth-order valence-corrected chi connectivity index (χ4v) is 10.7. The van der Waals surface area contributed by atoms with Crippen LogP contribution in [0, 0.1) is 50.2 Å². The number of carboxylic acids is 1. The summed E-state index contributed by atoms with van der Waals surface area (Å²) in [6, 6.07) is 0. The van der Waals surface area contributed by atoms with Crippen LogP contribution < -0.4 is 0 Å². The third-order valence-corrected chi connectivity index (χ3v) is 13.4. The number of carboxylic acid groups (broad SMARTS) is 1. The molecule has 5 rings (SSSR count). The zero-order valence-electron chi connectivity index (χ0n) is 22.7. The molecule has 4 saturated carbocycles. The molecule has 0 spiro atoms. The van der Waals surface area contributed by atoms with Crippen molar-refractivity contribution in [1.82, 2.24) is 0 Å². The van der Waals surface area contributed by atoms with Crippen LogP contribution in [0.2, 0.25) is 0 Å². The third-order valence-electron chi connectivity index (χ3n) is 13.4. The third kappa shape index (κ3) is 3.01. The Morgan fingerprint density at radius 2 is 1.60 bits per heavy atom. The van der Waals surface area contributed by atoms with Gasteiger partial charge in [0.25, 0.3) is 0 Å². The Hall–Kier alpha value is -0.910. The summed E-state index contributed by atoms with van der Waals surface area (Å²) in [6.07, 6.45) is 8.63. The van der Waals surface area contributed by atoms with Gasteiger partial charge in [-0.15, -0.1) is 0 Å². The maximum Gasteiger partial charge on any atom is 0.310 e. The van der Waals surface area contributed by atoms with Crippen LogP contribution >= 0.6 is 0 Å². The Morgan fingerprint density at radius 3 is 2.23 bits per heavy atom. The van der Waals surface area contributed by atoms with Gasteiger partial charge in [0.2, 0.25) is 0 Å². The monoisotopic (exact) mass is 488 g/mol. The summed E-state index contributed by atoms with van der Waals surface area (Å²) in [5.41, 5.74) is -0.275. The molecule has 5 nitrogen and oxygen atoms in total. The lowest BCUT2D eigenvalue weighted by atomic mass is 9.33. The molecule has 10 atom stereocenters. The Bertz CT molecular complexity index is 941. The van der Waals surface area contributed by atoms with Crippen molar-refractivity contribution in [3.8, 4) is 0 Å². The van der Waals surface area contributed by atoms with Crippen LogP contribution in [0.1, 0.15) is 99.3 Å². The van der Waals surface area contributed by atoms with Gasteiger partial charge < -0.3 is 20.4 Å². The van der Waals surface area contributed by atoms with Crippen LogP contribution in [0.4, 0.5) is 0 Å². The maximum absolute atomic E-state index is 12.8. The molecule has 0 heterocycles. The largest absolute Gasteiger partial charge is 0.481 e. The summed E-state index contributed by atoms with van der Waals surface area (Å²) >= 11 is 0. The minimum atomic E-state index is -0.944. The molecule has 35 heavy (non-hydrogen) atoms. The van der Waals surface area contributed by atoms with E-state index in [0.29, 0.717) is 24.7 Å². The van der Waals surface area contributed by atoms with Crippen molar-refractivity contribution >= 4 is 5.97 Å². The minimum Gasteiger partial charge on any atom is -0.481 e. The number of aliphatic hydroxyl groups excluding tert-OH is 3. The summed E-state index contributed by atoms with van der Waals surface area (Å²) in [5, 5.41) is 42.6. The molecule has 0 unspecified atom stereocenters. The van der Waals surface area contributed by atoms with E-state index in [1.807, 2.05) is 6.92 Å². The van der Waals surface area contributed by atoms with E-state index in [1.54, 1.807) is 0 Å². The Labute approximate surface area is 211 Å². The van der Waals surface area contributed by atoms with Crippen LogP contribution in [0.25, 0.3) is 0 Å². The first-order valence-electron chi connectivity index (χ1n) is 14.0. The van der Waals surface area contributed by atoms with Gasteiger partial charge in [0.1, 0.15) is 0 Å². The molecular formula is C30H48O5. The number of hydrogen-bond acceptors (Lipinski definition) is 4. The van der Waals surface area contributed by atoms with Gasteiger partial charge >= 0.3 is 5.97 Å². The predicted octanol–water partition coefficient (Wildman–Crippen LogP) is 5.18. The second kappa shape index (κ2) is 7.57. The van der Waals surface area contributed by atoms with E-state index >= 15 is 0 Å². The summed E-state index contributed by atoms with van der Waals surface area (Å²) in [7, 11) is 0. The Balaban J connectivity index is 1.60. The van der Waals surface area contributed by atoms with E-state index in [2.05, 4.69) is 40.7 Å². The van der Waals surface area contributed by atoms with Crippen molar-refractivity contribution in [2.75, 3.05) is 6.61 Å². The van der Waals surface area contributed by atoms with Gasteiger partial charge in [-0.05, 0) is 97.2 Å². The van der Waals surface area contributed by atoms with Gasteiger partial charge in [-0.3, -0.25) is 4.79 Å². The van der Waals surface area contributed by atoms with Crippen LogP contribution in [-0.2, 0) is 4.79 Å². The molecule has 198 valence electrons. The molecular weight excluding hydrogens is 440 g/mol. The normalized spacial score (nSPS) is 55.0. The Kier molecular flexibility index (Phi) is 5.56. The van der Waals surface area contributed by atoms with Gasteiger partial charge in [-0.1, -0.05) is 53.2 Å². The van der Waals surface area contributed by atoms with E-state index in [9.17, 15) is 25.2 Å². The van der Waals surface area contributed by atoms with Gasteiger partial charge in [-0.2, -0.15) is 0 Å². The predicted molar refractivity (Wildman–Crippen MR) is 135 cm³/mol. The highest BCUT2D eigenvalue weighted by Gasteiger charge is 2.70. The number of aliphatic hydroxyl groups is 3. The number of fused-ring (bicyclic) bond motifs is 7. The zero-order chi connectivity index (χ0) is 25.8. The lowest BCUT2D eigenvalue weighted by molar-refractivity contribution is -0.210. The molecule has 0 bridgehead atoms. The molecule has 0 saturated heterocycles. The van der Waals surface area contributed by atoms with Crippen LogP contribution in [0.15, 0.2) is 11.6 Å². The lowest BCUT2D eigenvalue weighted by Crippen LogP contribution is -2.66. The van der Waals surface area contributed by atoms with Gasteiger partial charge in [0, 0.05) is 5.41 Å². The first-order valence-corrected chi connectivity index (χ1v) is 14.0. The second-order valence-electron chi connectivity index (χ2n) is 14.9. The summed E-state index contributed by atoms with van der Waals surface area (Å²) in [4.78, 5) is 12.8. The number of allylic oxidation sites excluding steroid dienone is 2. The smallest absolute Gasteiger partial charge is 0.310 e.